The van der Waals surface area contributed by atoms with Gasteiger partial charge < -0.3 is 48.3 Å². The Labute approximate surface area is 364 Å². The lowest BCUT2D eigenvalue weighted by Crippen LogP contribution is -2.52. The predicted molar refractivity (Wildman–Crippen MR) is 233 cm³/mol. The van der Waals surface area contributed by atoms with E-state index in [2.05, 4.69) is 26.6 Å². The minimum atomic E-state index is -1.18. The average Bonchev–Trinajstić information content (AvgIpc) is 3.22. The average molecular weight is 862 g/mol. The van der Waals surface area contributed by atoms with E-state index in [0.717, 1.165) is 43.2 Å². The molecule has 0 saturated heterocycles. The molecule has 2 aliphatic carbocycles. The molecule has 16 nitrogen and oxygen atoms in total. The van der Waals surface area contributed by atoms with Crippen molar-refractivity contribution in [3.05, 3.63) is 71.8 Å². The summed E-state index contributed by atoms with van der Waals surface area (Å²) in [6.45, 7) is 0.359. The summed E-state index contributed by atoms with van der Waals surface area (Å²) in [5.74, 6) is -4.84. The second-order valence-corrected chi connectivity index (χ2v) is 17.0. The Morgan fingerprint density at radius 2 is 1.05 bits per heavy atom. The Morgan fingerprint density at radius 1 is 0.565 bits per heavy atom. The van der Waals surface area contributed by atoms with E-state index < -0.39 is 60.4 Å². The molecule has 2 fully saturated rings. The summed E-state index contributed by atoms with van der Waals surface area (Å²) in [4.78, 5) is 90.6. The zero-order valence-corrected chi connectivity index (χ0v) is 35.7. The minimum absolute atomic E-state index is 0.00106. The van der Waals surface area contributed by atoms with Gasteiger partial charge in [0.05, 0.1) is 18.3 Å². The molecule has 2 aromatic rings. The first-order valence-corrected chi connectivity index (χ1v) is 22.3. The van der Waals surface area contributed by atoms with Crippen LogP contribution in [0.3, 0.4) is 0 Å². The lowest BCUT2D eigenvalue weighted by atomic mass is 9.83. The fraction of sp³-hybridized carbons (Fsp3) is 0.587. The molecular formula is C46H67N7O9. The van der Waals surface area contributed by atoms with Crippen LogP contribution in [0, 0.1) is 11.8 Å². The van der Waals surface area contributed by atoms with E-state index in [1.54, 1.807) is 0 Å². The molecule has 0 heterocycles. The zero-order valence-electron chi connectivity index (χ0n) is 35.7. The number of carbonyl (C=O) groups is 7. The molecule has 11 N–H and O–H groups in total. The summed E-state index contributed by atoms with van der Waals surface area (Å²) in [6, 6.07) is 15.5. The predicted octanol–water partition coefficient (Wildman–Crippen LogP) is 2.85. The number of rotatable bonds is 25. The van der Waals surface area contributed by atoms with Gasteiger partial charge in [0.2, 0.25) is 29.5 Å². The van der Waals surface area contributed by atoms with Crippen LogP contribution in [0.2, 0.25) is 0 Å². The van der Waals surface area contributed by atoms with E-state index in [9.17, 15) is 38.7 Å². The molecule has 0 unspecified atom stereocenters. The van der Waals surface area contributed by atoms with Crippen molar-refractivity contribution in [1.29, 1.82) is 0 Å². The number of benzene rings is 2. The quantitative estimate of drug-likeness (QED) is 0.0701. The summed E-state index contributed by atoms with van der Waals surface area (Å²) in [7, 11) is 0. The summed E-state index contributed by atoms with van der Waals surface area (Å²) >= 11 is 0. The largest absolute Gasteiger partial charge is 0.481 e. The van der Waals surface area contributed by atoms with Gasteiger partial charge in [-0.25, -0.2) is 0 Å². The number of carbonyl (C=O) groups excluding carboxylic acids is 5. The van der Waals surface area contributed by atoms with Gasteiger partial charge in [-0.05, 0) is 75.5 Å². The molecule has 0 aliphatic heterocycles. The third kappa shape index (κ3) is 17.9. The smallest absolute Gasteiger partial charge is 0.305 e. The Hall–Kier alpha value is -5.35. The number of hydrogen-bond acceptors (Lipinski definition) is 9. The normalized spacial score (nSPS) is 20.6. The Morgan fingerprint density at radius 3 is 1.56 bits per heavy atom. The molecule has 2 aliphatic rings. The molecule has 0 bridgehead atoms. The summed E-state index contributed by atoms with van der Waals surface area (Å²) < 4.78 is 0. The standard InChI is InChI=1S/C46H67N7O9/c47-23-11-16-32(49-40(54)27-34(24-30-12-3-1-4-13-30)51-45(61)36-17-7-9-19-38(36)48)26-42(56)53-39-20-10-8-18-37(39)46(62)52-35(25-31-14-5-2-6-15-31)28-41(55)50-33(29-44(59)60)21-22-43(57)58/h1-6,12-15,32-39H,7-11,16-29,47-48H2,(H,49,54)(H,50,55)(H,51,61)(H,52,62)(H,53,56)(H,57,58)(H,59,60)/t32-,33-,34-,35-,36+,37+,38+,39+/m0/s1. The number of amides is 5. The topological polar surface area (TPSA) is 272 Å². The SMILES string of the molecule is NCCC[C@@H](CC(=O)N[C@@H]1CCCC[C@H]1C(=O)N[C@H](CC(=O)N[C@@H](CCC(=O)O)CC(=O)O)Cc1ccccc1)NC(=O)C[C@H](Cc1ccccc1)NC(=O)[C@@H]1CCCC[C@H]1N. The summed E-state index contributed by atoms with van der Waals surface area (Å²) in [5.41, 5.74) is 14.0. The fourth-order valence-electron chi connectivity index (χ4n) is 8.70. The van der Waals surface area contributed by atoms with Crippen molar-refractivity contribution in [2.45, 2.75) is 152 Å². The Balaban J connectivity index is 1.40. The maximum Gasteiger partial charge on any atom is 0.305 e. The lowest BCUT2D eigenvalue weighted by molar-refractivity contribution is -0.140. The van der Waals surface area contributed by atoms with E-state index in [1.165, 1.54) is 0 Å². The van der Waals surface area contributed by atoms with E-state index >= 15 is 0 Å². The molecule has 0 spiro atoms. The molecule has 0 aromatic heterocycles. The highest BCUT2D eigenvalue weighted by molar-refractivity contribution is 5.85. The van der Waals surface area contributed by atoms with Gasteiger partial charge in [-0.1, -0.05) is 86.3 Å². The maximum absolute atomic E-state index is 14.0. The first-order chi connectivity index (χ1) is 29.8. The number of nitrogens with two attached hydrogens (primary N) is 2. The maximum atomic E-state index is 14.0. The molecule has 340 valence electrons. The molecular weight excluding hydrogens is 795 g/mol. The van der Waals surface area contributed by atoms with Crippen LogP contribution in [0.5, 0.6) is 0 Å². The van der Waals surface area contributed by atoms with Gasteiger partial charge >= 0.3 is 11.9 Å². The number of hydrogen-bond donors (Lipinski definition) is 9. The highest BCUT2D eigenvalue weighted by Gasteiger charge is 2.35. The van der Waals surface area contributed by atoms with Gasteiger partial charge in [-0.3, -0.25) is 33.6 Å². The molecule has 0 radical (unpaired) electrons. The van der Waals surface area contributed by atoms with Crippen molar-refractivity contribution >= 4 is 41.5 Å². The number of nitrogens with one attached hydrogen (secondary N) is 5. The Kier molecular flexibility index (Phi) is 20.8. The van der Waals surface area contributed by atoms with Crippen molar-refractivity contribution in [1.82, 2.24) is 26.6 Å². The number of carboxylic acid groups (broad SMARTS) is 2. The molecule has 62 heavy (non-hydrogen) atoms. The molecule has 4 rings (SSSR count). The fourth-order valence-corrected chi connectivity index (χ4v) is 8.70. The molecule has 2 aromatic carbocycles. The molecule has 8 atom stereocenters. The van der Waals surface area contributed by atoms with Gasteiger partial charge in [0.1, 0.15) is 0 Å². The van der Waals surface area contributed by atoms with Crippen LogP contribution in [0.1, 0.15) is 114 Å². The van der Waals surface area contributed by atoms with Gasteiger partial charge in [-0.15, -0.1) is 0 Å². The van der Waals surface area contributed by atoms with E-state index in [0.29, 0.717) is 51.5 Å². The minimum Gasteiger partial charge on any atom is -0.481 e. The van der Waals surface area contributed by atoms with Crippen LogP contribution in [-0.2, 0) is 46.4 Å². The first-order valence-electron chi connectivity index (χ1n) is 22.3. The molecule has 16 heteroatoms. The van der Waals surface area contributed by atoms with Crippen molar-refractivity contribution < 1.29 is 43.8 Å². The lowest BCUT2D eigenvalue weighted by Gasteiger charge is -2.33. The van der Waals surface area contributed by atoms with E-state index in [-0.39, 0.29) is 67.7 Å². The highest BCUT2D eigenvalue weighted by Crippen LogP contribution is 2.26. The summed E-state index contributed by atoms with van der Waals surface area (Å²) in [5, 5.41) is 33.3. The molecule has 5 amide bonds. The van der Waals surface area contributed by atoms with Gasteiger partial charge in [0, 0.05) is 61.9 Å². The van der Waals surface area contributed by atoms with Gasteiger partial charge in [0.25, 0.3) is 0 Å². The third-order valence-corrected chi connectivity index (χ3v) is 11.9. The van der Waals surface area contributed by atoms with Crippen LogP contribution in [0.4, 0.5) is 0 Å². The van der Waals surface area contributed by atoms with E-state index in [1.807, 2.05) is 60.7 Å². The third-order valence-electron chi connectivity index (χ3n) is 11.9. The van der Waals surface area contributed by atoms with Crippen LogP contribution in [-0.4, -0.2) is 94.5 Å². The van der Waals surface area contributed by atoms with Crippen molar-refractivity contribution in [2.24, 2.45) is 23.3 Å². The van der Waals surface area contributed by atoms with Crippen LogP contribution < -0.4 is 38.1 Å². The van der Waals surface area contributed by atoms with Crippen molar-refractivity contribution in [3.63, 3.8) is 0 Å². The zero-order chi connectivity index (χ0) is 44.9. The van der Waals surface area contributed by atoms with Gasteiger partial charge in [0.15, 0.2) is 0 Å². The molecule has 2 saturated carbocycles. The monoisotopic (exact) mass is 862 g/mol. The van der Waals surface area contributed by atoms with Crippen molar-refractivity contribution in [3.8, 4) is 0 Å². The first kappa shape index (κ1) is 49.3. The van der Waals surface area contributed by atoms with Gasteiger partial charge in [-0.2, -0.15) is 0 Å². The second kappa shape index (κ2) is 26.2. The number of aliphatic carboxylic acids is 2. The Bertz CT molecular complexity index is 1770. The highest BCUT2D eigenvalue weighted by atomic mass is 16.4. The van der Waals surface area contributed by atoms with E-state index in [4.69, 9.17) is 16.6 Å². The second-order valence-electron chi connectivity index (χ2n) is 17.0. The summed E-state index contributed by atoms with van der Waals surface area (Å²) in [6.07, 6.45) is 6.71. The number of carboxylic acids is 2. The van der Waals surface area contributed by atoms with Crippen LogP contribution >= 0.6 is 0 Å². The van der Waals surface area contributed by atoms with Crippen LogP contribution in [0.25, 0.3) is 0 Å². The van der Waals surface area contributed by atoms with Crippen LogP contribution in [0.15, 0.2) is 60.7 Å². The van der Waals surface area contributed by atoms with Crippen molar-refractivity contribution in [2.75, 3.05) is 6.54 Å².